The summed E-state index contributed by atoms with van der Waals surface area (Å²) in [7, 11) is 4.09. The van der Waals surface area contributed by atoms with E-state index in [4.69, 9.17) is 17.0 Å². The summed E-state index contributed by atoms with van der Waals surface area (Å²) >= 11 is 5.39. The molecule has 128 valence electrons. The van der Waals surface area contributed by atoms with Crippen molar-refractivity contribution in [3.63, 3.8) is 0 Å². The van der Waals surface area contributed by atoms with Gasteiger partial charge in [0, 0.05) is 24.6 Å². The van der Waals surface area contributed by atoms with Crippen LogP contribution in [0, 0.1) is 0 Å². The summed E-state index contributed by atoms with van der Waals surface area (Å²) in [6, 6.07) is 12.0. The molecule has 1 aromatic carbocycles. The van der Waals surface area contributed by atoms with Gasteiger partial charge in [-0.25, -0.2) is 0 Å². The van der Waals surface area contributed by atoms with Crippen LogP contribution in [0.2, 0.25) is 0 Å². The van der Waals surface area contributed by atoms with E-state index in [-0.39, 0.29) is 6.04 Å². The van der Waals surface area contributed by atoms with Gasteiger partial charge in [-0.05, 0) is 69.1 Å². The van der Waals surface area contributed by atoms with E-state index in [9.17, 15) is 0 Å². The summed E-state index contributed by atoms with van der Waals surface area (Å²) < 4.78 is 5.43. The first-order valence-electron chi connectivity index (χ1n) is 7.94. The molecule has 0 spiro atoms. The Morgan fingerprint density at radius 2 is 2.00 bits per heavy atom. The minimum absolute atomic E-state index is 0.193. The molecule has 2 rings (SSSR count). The zero-order valence-electron chi connectivity index (χ0n) is 14.3. The van der Waals surface area contributed by atoms with Crippen molar-refractivity contribution in [1.29, 1.82) is 0 Å². The number of pyridine rings is 1. The topological polar surface area (TPSA) is 49.4 Å². The molecule has 24 heavy (non-hydrogen) atoms. The van der Waals surface area contributed by atoms with E-state index >= 15 is 0 Å². The summed E-state index contributed by atoms with van der Waals surface area (Å²) in [4.78, 5) is 6.33. The maximum atomic E-state index is 5.43. The Balaban J connectivity index is 1.89. The third-order valence-electron chi connectivity index (χ3n) is 3.57. The van der Waals surface area contributed by atoms with Gasteiger partial charge in [0.05, 0.1) is 12.6 Å². The van der Waals surface area contributed by atoms with Crippen molar-refractivity contribution in [2.75, 3.05) is 32.6 Å². The molecule has 0 fully saturated rings. The van der Waals surface area contributed by atoms with Gasteiger partial charge in [-0.15, -0.1) is 0 Å². The first kappa shape index (κ1) is 18.2. The van der Waals surface area contributed by atoms with E-state index in [1.165, 1.54) is 0 Å². The lowest BCUT2D eigenvalue weighted by Crippen LogP contribution is -2.36. The van der Waals surface area contributed by atoms with Crippen LogP contribution in [0.25, 0.3) is 0 Å². The highest BCUT2D eigenvalue weighted by atomic mass is 32.1. The number of hydrogen-bond acceptors (Lipinski definition) is 4. The largest absolute Gasteiger partial charge is 0.494 e. The van der Waals surface area contributed by atoms with Crippen LogP contribution < -0.4 is 15.4 Å². The molecular formula is C18H24N4OS. The molecular weight excluding hydrogens is 320 g/mol. The first-order valence-corrected chi connectivity index (χ1v) is 8.35. The summed E-state index contributed by atoms with van der Waals surface area (Å²) in [6.45, 7) is 3.32. The fourth-order valence-corrected chi connectivity index (χ4v) is 2.54. The van der Waals surface area contributed by atoms with Crippen LogP contribution in [0.1, 0.15) is 18.5 Å². The highest BCUT2D eigenvalue weighted by molar-refractivity contribution is 7.80. The SMILES string of the molecule is CCOc1ccc(NC(=S)NCC(c2cccnc2)N(C)C)cc1. The van der Waals surface area contributed by atoms with Gasteiger partial charge in [0.15, 0.2) is 5.11 Å². The smallest absolute Gasteiger partial charge is 0.170 e. The summed E-state index contributed by atoms with van der Waals surface area (Å²) in [5.41, 5.74) is 2.08. The van der Waals surface area contributed by atoms with Gasteiger partial charge in [-0.2, -0.15) is 0 Å². The first-order chi connectivity index (χ1) is 11.6. The maximum Gasteiger partial charge on any atom is 0.170 e. The van der Waals surface area contributed by atoms with E-state index in [0.29, 0.717) is 18.3 Å². The third-order valence-corrected chi connectivity index (χ3v) is 3.82. The van der Waals surface area contributed by atoms with Gasteiger partial charge in [0.25, 0.3) is 0 Å². The molecule has 0 amide bonds. The van der Waals surface area contributed by atoms with Crippen molar-refractivity contribution in [2.24, 2.45) is 0 Å². The Morgan fingerprint density at radius 1 is 1.25 bits per heavy atom. The molecule has 1 unspecified atom stereocenters. The number of thiocarbonyl (C=S) groups is 1. The highest BCUT2D eigenvalue weighted by Crippen LogP contribution is 2.17. The van der Waals surface area contributed by atoms with Crippen molar-refractivity contribution < 1.29 is 4.74 Å². The molecule has 1 atom stereocenters. The average molecular weight is 344 g/mol. The highest BCUT2D eigenvalue weighted by Gasteiger charge is 2.14. The second kappa shape index (κ2) is 9.20. The minimum atomic E-state index is 0.193. The lowest BCUT2D eigenvalue weighted by molar-refractivity contribution is 0.298. The molecule has 0 radical (unpaired) electrons. The number of ether oxygens (including phenoxy) is 1. The van der Waals surface area contributed by atoms with E-state index in [1.807, 2.05) is 57.5 Å². The van der Waals surface area contributed by atoms with Crippen molar-refractivity contribution in [1.82, 2.24) is 15.2 Å². The number of aromatic nitrogens is 1. The predicted octanol–water partition coefficient (Wildman–Crippen LogP) is 3.07. The number of rotatable bonds is 7. The minimum Gasteiger partial charge on any atom is -0.494 e. The Kier molecular flexibility index (Phi) is 6.96. The normalized spacial score (nSPS) is 11.8. The Labute approximate surface area is 149 Å². The van der Waals surface area contributed by atoms with Gasteiger partial charge in [-0.3, -0.25) is 4.98 Å². The van der Waals surface area contributed by atoms with E-state index in [1.54, 1.807) is 6.20 Å². The molecule has 2 aromatic rings. The number of likely N-dealkylation sites (N-methyl/N-ethyl adjacent to an activating group) is 1. The van der Waals surface area contributed by atoms with Gasteiger partial charge >= 0.3 is 0 Å². The second-order valence-electron chi connectivity index (χ2n) is 5.56. The van der Waals surface area contributed by atoms with Crippen LogP contribution in [0.3, 0.4) is 0 Å². The standard InChI is InChI=1S/C18H24N4OS/c1-4-23-16-9-7-15(8-10-16)21-18(24)20-13-17(22(2)3)14-6-5-11-19-12-14/h5-12,17H,4,13H2,1-3H3,(H2,20,21,24). The molecule has 1 aromatic heterocycles. The van der Waals surface area contributed by atoms with Crippen LogP contribution in [0.5, 0.6) is 5.75 Å². The molecule has 0 aliphatic rings. The molecule has 1 heterocycles. The number of nitrogens with zero attached hydrogens (tertiary/aromatic N) is 2. The molecule has 6 heteroatoms. The number of benzene rings is 1. The lowest BCUT2D eigenvalue weighted by Gasteiger charge is -2.25. The van der Waals surface area contributed by atoms with Crippen molar-refractivity contribution in [3.8, 4) is 5.75 Å². The maximum absolute atomic E-state index is 5.43. The van der Waals surface area contributed by atoms with Crippen molar-refractivity contribution in [2.45, 2.75) is 13.0 Å². The summed E-state index contributed by atoms with van der Waals surface area (Å²) in [5.74, 6) is 0.853. The summed E-state index contributed by atoms with van der Waals surface area (Å²) in [5, 5.41) is 7.05. The van der Waals surface area contributed by atoms with Crippen molar-refractivity contribution in [3.05, 3.63) is 54.4 Å². The Bertz CT molecular complexity index is 631. The molecule has 0 saturated heterocycles. The van der Waals surface area contributed by atoms with E-state index in [0.717, 1.165) is 17.0 Å². The average Bonchev–Trinajstić information content (AvgIpc) is 2.58. The molecule has 0 bridgehead atoms. The fourth-order valence-electron chi connectivity index (χ4n) is 2.34. The molecule has 5 nitrogen and oxygen atoms in total. The Hall–Kier alpha value is -2.18. The number of hydrogen-bond donors (Lipinski definition) is 2. The third kappa shape index (κ3) is 5.47. The number of nitrogens with one attached hydrogen (secondary N) is 2. The van der Waals surface area contributed by atoms with Gasteiger partial charge < -0.3 is 20.3 Å². The summed E-state index contributed by atoms with van der Waals surface area (Å²) in [6.07, 6.45) is 3.66. The fraction of sp³-hybridized carbons (Fsp3) is 0.333. The van der Waals surface area contributed by atoms with Gasteiger partial charge in [0.1, 0.15) is 5.75 Å². The molecule has 0 aliphatic carbocycles. The van der Waals surface area contributed by atoms with Crippen LogP contribution in [-0.2, 0) is 0 Å². The molecule has 0 aliphatic heterocycles. The van der Waals surface area contributed by atoms with Gasteiger partial charge in [0.2, 0.25) is 0 Å². The molecule has 0 saturated carbocycles. The molecule has 2 N–H and O–H groups in total. The van der Waals surface area contributed by atoms with Crippen molar-refractivity contribution >= 4 is 23.0 Å². The van der Waals surface area contributed by atoms with E-state index < -0.39 is 0 Å². The van der Waals surface area contributed by atoms with E-state index in [2.05, 4.69) is 26.6 Å². The van der Waals surface area contributed by atoms with Crippen LogP contribution in [-0.4, -0.2) is 42.2 Å². The van der Waals surface area contributed by atoms with Gasteiger partial charge in [-0.1, -0.05) is 6.07 Å². The predicted molar refractivity (Wildman–Crippen MR) is 102 cm³/mol. The number of anilines is 1. The van der Waals surface area contributed by atoms with Crippen LogP contribution in [0.15, 0.2) is 48.8 Å². The van der Waals surface area contributed by atoms with Crippen LogP contribution in [0.4, 0.5) is 5.69 Å². The zero-order chi connectivity index (χ0) is 17.4. The lowest BCUT2D eigenvalue weighted by atomic mass is 10.1. The second-order valence-corrected chi connectivity index (χ2v) is 5.97. The monoisotopic (exact) mass is 344 g/mol. The van der Waals surface area contributed by atoms with Crippen LogP contribution >= 0.6 is 12.2 Å². The zero-order valence-corrected chi connectivity index (χ0v) is 15.1. The Morgan fingerprint density at radius 3 is 2.58 bits per heavy atom. The quantitative estimate of drug-likeness (QED) is 0.753.